The number of methoxy groups -OCH3 is 2. The van der Waals surface area contributed by atoms with E-state index in [-0.39, 0.29) is 24.3 Å². The van der Waals surface area contributed by atoms with E-state index in [1.54, 1.807) is 14.2 Å². The molecule has 29 heavy (non-hydrogen) atoms. The average molecular weight is 413 g/mol. The minimum atomic E-state index is -0.420. The molecule has 0 radical (unpaired) electrons. The molecule has 7 heteroatoms. The quantitative estimate of drug-likeness (QED) is 0.807. The maximum atomic E-state index is 13.1. The number of thioether (sulfide) groups is 1. The first kappa shape index (κ1) is 19.6. The van der Waals surface area contributed by atoms with Gasteiger partial charge in [-0.3, -0.25) is 9.59 Å². The molecule has 0 aliphatic carbocycles. The number of fused-ring (bicyclic) bond motifs is 1. The second kappa shape index (κ2) is 8.37. The van der Waals surface area contributed by atoms with Gasteiger partial charge in [-0.25, -0.2) is 0 Å². The number of anilines is 1. The lowest BCUT2D eigenvalue weighted by atomic mass is 10.0. The Labute approximate surface area is 174 Å². The summed E-state index contributed by atoms with van der Waals surface area (Å²) in [5, 5.41) is 2.50. The number of carbonyl (C=O) groups is 2. The molecule has 0 saturated carbocycles. The summed E-state index contributed by atoms with van der Waals surface area (Å²) in [5.74, 6) is 1.32. The predicted molar refractivity (Wildman–Crippen MR) is 113 cm³/mol. The lowest BCUT2D eigenvalue weighted by Crippen LogP contribution is -2.37. The summed E-state index contributed by atoms with van der Waals surface area (Å²) in [6.45, 7) is 0.689. The number of hydrogen-bond acceptors (Lipinski definition) is 5. The van der Waals surface area contributed by atoms with Crippen molar-refractivity contribution in [1.29, 1.82) is 0 Å². The van der Waals surface area contributed by atoms with E-state index >= 15 is 0 Å². The molecule has 1 saturated heterocycles. The Hall–Kier alpha value is -2.67. The summed E-state index contributed by atoms with van der Waals surface area (Å²) in [5.41, 5.74) is 1.79. The zero-order valence-electron chi connectivity index (χ0n) is 16.5. The smallest absolute Gasteiger partial charge is 0.238 e. The van der Waals surface area contributed by atoms with E-state index in [1.807, 2.05) is 47.4 Å². The first-order chi connectivity index (χ1) is 14.1. The average Bonchev–Trinajstić information content (AvgIpc) is 3.23. The SMILES string of the molecule is COc1ccc([C@H]2CCCN2C(=O)C[C@@H]2Sc3ccccc3NC2=O)c(OC)c1. The lowest BCUT2D eigenvalue weighted by Gasteiger charge is -2.29. The van der Waals surface area contributed by atoms with Gasteiger partial charge in [0.25, 0.3) is 0 Å². The zero-order chi connectivity index (χ0) is 20.4. The van der Waals surface area contributed by atoms with Crippen molar-refractivity contribution in [3.63, 3.8) is 0 Å². The highest BCUT2D eigenvalue weighted by Crippen LogP contribution is 2.41. The topological polar surface area (TPSA) is 67.9 Å². The van der Waals surface area contributed by atoms with Crippen molar-refractivity contribution in [2.75, 3.05) is 26.1 Å². The molecule has 0 spiro atoms. The van der Waals surface area contributed by atoms with E-state index < -0.39 is 5.25 Å². The Morgan fingerprint density at radius 1 is 1.21 bits per heavy atom. The van der Waals surface area contributed by atoms with Crippen LogP contribution in [-0.2, 0) is 9.59 Å². The molecule has 1 fully saturated rings. The van der Waals surface area contributed by atoms with E-state index in [0.29, 0.717) is 12.3 Å². The maximum absolute atomic E-state index is 13.1. The van der Waals surface area contributed by atoms with Crippen LogP contribution in [0.5, 0.6) is 11.5 Å². The highest BCUT2D eigenvalue weighted by Gasteiger charge is 2.36. The highest BCUT2D eigenvalue weighted by atomic mass is 32.2. The van der Waals surface area contributed by atoms with Crippen molar-refractivity contribution >= 4 is 29.3 Å². The fourth-order valence-electron chi connectivity index (χ4n) is 3.99. The van der Waals surface area contributed by atoms with Gasteiger partial charge in [0.1, 0.15) is 11.5 Å². The molecule has 2 heterocycles. The van der Waals surface area contributed by atoms with Crippen LogP contribution in [0.25, 0.3) is 0 Å². The van der Waals surface area contributed by atoms with Crippen LogP contribution in [0.15, 0.2) is 47.4 Å². The van der Waals surface area contributed by atoms with Gasteiger partial charge < -0.3 is 19.7 Å². The van der Waals surface area contributed by atoms with Gasteiger partial charge in [-0.05, 0) is 37.1 Å². The number of rotatable bonds is 5. The Morgan fingerprint density at radius 2 is 2.03 bits per heavy atom. The van der Waals surface area contributed by atoms with Gasteiger partial charge in [-0.15, -0.1) is 11.8 Å². The first-order valence-electron chi connectivity index (χ1n) is 9.68. The van der Waals surface area contributed by atoms with Crippen LogP contribution < -0.4 is 14.8 Å². The van der Waals surface area contributed by atoms with E-state index in [2.05, 4.69) is 5.32 Å². The molecule has 0 aromatic heterocycles. The molecule has 6 nitrogen and oxygen atoms in total. The van der Waals surface area contributed by atoms with Crippen LogP contribution in [0.1, 0.15) is 30.9 Å². The van der Waals surface area contributed by atoms with Crippen LogP contribution in [-0.4, -0.2) is 42.7 Å². The normalized spacial score (nSPS) is 20.8. The number of hydrogen-bond donors (Lipinski definition) is 1. The van der Waals surface area contributed by atoms with Gasteiger partial charge in [0.2, 0.25) is 11.8 Å². The molecule has 2 aliphatic heterocycles. The molecule has 0 unspecified atom stereocenters. The Kier molecular flexibility index (Phi) is 5.67. The maximum Gasteiger partial charge on any atom is 0.238 e. The number of nitrogens with zero attached hydrogens (tertiary/aromatic N) is 1. The van der Waals surface area contributed by atoms with E-state index in [1.165, 1.54) is 11.8 Å². The monoisotopic (exact) mass is 412 g/mol. The summed E-state index contributed by atoms with van der Waals surface area (Å²) < 4.78 is 10.8. The van der Waals surface area contributed by atoms with Crippen molar-refractivity contribution in [3.8, 4) is 11.5 Å². The minimum absolute atomic E-state index is 0.00241. The van der Waals surface area contributed by atoms with Crippen LogP contribution >= 0.6 is 11.8 Å². The van der Waals surface area contributed by atoms with Crippen LogP contribution in [0.3, 0.4) is 0 Å². The van der Waals surface area contributed by atoms with E-state index in [4.69, 9.17) is 9.47 Å². The third-order valence-corrected chi connectivity index (χ3v) is 6.71. The van der Waals surface area contributed by atoms with Crippen molar-refractivity contribution in [1.82, 2.24) is 4.90 Å². The number of nitrogens with one attached hydrogen (secondary N) is 1. The molecule has 2 aromatic rings. The molecule has 2 atom stereocenters. The van der Waals surface area contributed by atoms with Crippen LogP contribution in [0.4, 0.5) is 5.69 Å². The Bertz CT molecular complexity index is 933. The Morgan fingerprint density at radius 3 is 2.83 bits per heavy atom. The van der Waals surface area contributed by atoms with Gasteiger partial charge in [0.05, 0.1) is 31.2 Å². The minimum Gasteiger partial charge on any atom is -0.497 e. The van der Waals surface area contributed by atoms with Gasteiger partial charge in [-0.1, -0.05) is 12.1 Å². The summed E-state index contributed by atoms with van der Waals surface area (Å²) in [6.07, 6.45) is 1.99. The number of amides is 2. The van der Waals surface area contributed by atoms with Gasteiger partial charge >= 0.3 is 0 Å². The molecule has 0 bridgehead atoms. The lowest BCUT2D eigenvalue weighted by molar-refractivity contribution is -0.133. The fourth-order valence-corrected chi connectivity index (χ4v) is 5.09. The van der Waals surface area contributed by atoms with Crippen molar-refractivity contribution < 1.29 is 19.1 Å². The third-order valence-electron chi connectivity index (χ3n) is 5.44. The summed E-state index contributed by atoms with van der Waals surface area (Å²) in [6, 6.07) is 13.3. The third kappa shape index (κ3) is 3.92. The van der Waals surface area contributed by atoms with Crippen molar-refractivity contribution in [2.24, 2.45) is 0 Å². The number of ether oxygens (including phenoxy) is 2. The van der Waals surface area contributed by atoms with Gasteiger partial charge in [0, 0.05) is 29.5 Å². The Balaban J connectivity index is 1.51. The van der Waals surface area contributed by atoms with Crippen molar-refractivity contribution in [2.45, 2.75) is 35.4 Å². The first-order valence-corrected chi connectivity index (χ1v) is 10.6. The summed E-state index contributed by atoms with van der Waals surface area (Å²) in [4.78, 5) is 28.5. The van der Waals surface area contributed by atoms with E-state index in [9.17, 15) is 9.59 Å². The van der Waals surface area contributed by atoms with Gasteiger partial charge in [0.15, 0.2) is 0 Å². The molecular weight excluding hydrogens is 388 g/mol. The molecule has 152 valence electrons. The second-order valence-corrected chi connectivity index (χ2v) is 8.39. The summed E-state index contributed by atoms with van der Waals surface area (Å²) >= 11 is 1.46. The molecule has 4 rings (SSSR count). The molecule has 2 aliphatic rings. The number of para-hydroxylation sites is 1. The van der Waals surface area contributed by atoms with Crippen molar-refractivity contribution in [3.05, 3.63) is 48.0 Å². The van der Waals surface area contributed by atoms with Gasteiger partial charge in [-0.2, -0.15) is 0 Å². The predicted octanol–water partition coefficient (Wildman–Crippen LogP) is 3.87. The zero-order valence-corrected chi connectivity index (χ0v) is 17.3. The number of likely N-dealkylation sites (tertiary alicyclic amines) is 1. The second-order valence-electron chi connectivity index (χ2n) is 7.15. The van der Waals surface area contributed by atoms with E-state index in [0.717, 1.165) is 34.7 Å². The molecule has 2 amide bonds. The largest absolute Gasteiger partial charge is 0.497 e. The number of benzene rings is 2. The molecule has 1 N–H and O–H groups in total. The number of carbonyl (C=O) groups excluding carboxylic acids is 2. The highest BCUT2D eigenvalue weighted by molar-refractivity contribution is 8.01. The molecule has 2 aromatic carbocycles. The van der Waals surface area contributed by atoms with Crippen LogP contribution in [0, 0.1) is 0 Å². The molecular formula is C22H24N2O4S. The summed E-state index contributed by atoms with van der Waals surface area (Å²) in [7, 11) is 3.24. The van der Waals surface area contributed by atoms with Crippen LogP contribution in [0.2, 0.25) is 0 Å². The fraction of sp³-hybridized carbons (Fsp3) is 0.364. The standard InChI is InChI=1S/C22H24N2O4S/c1-27-14-9-10-15(18(12-14)28-2)17-7-5-11-24(17)21(25)13-20-22(26)23-16-6-3-4-8-19(16)29-20/h3-4,6,8-10,12,17,20H,5,7,11,13H2,1-2H3,(H,23,26)/t17-,20+/m1/s1.